The Bertz CT molecular complexity index is 628. The smallest absolute Gasteiger partial charge is 0.870 e. The minimum atomic E-state index is -0.148. The molecule has 0 spiro atoms. The molecule has 0 fully saturated rings. The number of nitrogens with zero attached hydrogens (tertiary/aromatic N) is 5. The average Bonchev–Trinajstić information content (AvgIpc) is 2.51. The fourth-order valence-corrected chi connectivity index (χ4v) is 1.52. The average molecular weight is 347 g/mol. The normalized spacial score (nSPS) is 9.14. The summed E-state index contributed by atoms with van der Waals surface area (Å²) in [5.74, 6) is 0.182. The van der Waals surface area contributed by atoms with Crippen LogP contribution in [0.25, 0.3) is 16.0 Å². The van der Waals surface area contributed by atoms with E-state index in [-0.39, 0.29) is 22.8 Å². The van der Waals surface area contributed by atoms with Crippen LogP contribution in [0.2, 0.25) is 0 Å². The van der Waals surface area contributed by atoms with Gasteiger partial charge in [0, 0.05) is 12.4 Å². The summed E-state index contributed by atoms with van der Waals surface area (Å²) in [4.78, 5) is 9.85. The molecule has 0 saturated heterocycles. The van der Waals surface area contributed by atoms with Crippen molar-refractivity contribution in [3.05, 3.63) is 69.8 Å². The SMILES string of the molecule is COc1cccc(C=NCc2ccccn2)c1[O-].[Cu+2].[N-]=[N+]=[N-]. The van der Waals surface area contributed by atoms with Crippen LogP contribution in [0.4, 0.5) is 0 Å². The number of benzene rings is 1. The zero-order valence-electron chi connectivity index (χ0n) is 11.7. The van der Waals surface area contributed by atoms with E-state index >= 15 is 0 Å². The summed E-state index contributed by atoms with van der Waals surface area (Å²) in [6, 6.07) is 10.8. The molecule has 2 aromatic rings. The van der Waals surface area contributed by atoms with Crippen molar-refractivity contribution >= 4 is 6.21 Å². The van der Waals surface area contributed by atoms with Gasteiger partial charge < -0.3 is 20.9 Å². The summed E-state index contributed by atoms with van der Waals surface area (Å²) in [5, 5.41) is 11.8. The predicted molar refractivity (Wildman–Crippen MR) is 78.1 cm³/mol. The number of para-hydroxylation sites is 1. The molecule has 1 aromatic carbocycles. The molecule has 0 bridgehead atoms. The number of hydrogen-bond donors (Lipinski definition) is 0. The number of pyridine rings is 1. The number of ether oxygens (including phenoxy) is 1. The third-order valence-corrected chi connectivity index (χ3v) is 2.44. The van der Waals surface area contributed by atoms with Crippen molar-refractivity contribution in [2.24, 2.45) is 4.99 Å². The van der Waals surface area contributed by atoms with E-state index in [1.54, 1.807) is 30.6 Å². The summed E-state index contributed by atoms with van der Waals surface area (Å²) >= 11 is 0. The van der Waals surface area contributed by atoms with Gasteiger partial charge in [0.1, 0.15) is 5.75 Å². The molecule has 0 saturated carbocycles. The van der Waals surface area contributed by atoms with Crippen molar-refractivity contribution in [1.29, 1.82) is 0 Å². The molecule has 1 heterocycles. The van der Waals surface area contributed by atoms with Gasteiger partial charge >= 0.3 is 17.1 Å². The molecule has 0 aliphatic rings. The number of hydrogen-bond acceptors (Lipinski definition) is 4. The van der Waals surface area contributed by atoms with E-state index in [4.69, 9.17) is 15.8 Å². The first-order valence-corrected chi connectivity index (χ1v) is 5.95. The molecule has 117 valence electrons. The van der Waals surface area contributed by atoms with Crippen LogP contribution in [0.1, 0.15) is 11.3 Å². The van der Waals surface area contributed by atoms with Gasteiger partial charge in [0.2, 0.25) is 0 Å². The van der Waals surface area contributed by atoms with Crippen LogP contribution >= 0.6 is 0 Å². The van der Waals surface area contributed by atoms with E-state index in [0.29, 0.717) is 17.9 Å². The molecule has 0 amide bonds. The maximum atomic E-state index is 11.8. The Labute approximate surface area is 138 Å². The van der Waals surface area contributed by atoms with Crippen LogP contribution < -0.4 is 9.84 Å². The molecule has 1 aromatic heterocycles. The summed E-state index contributed by atoms with van der Waals surface area (Å²) < 4.78 is 4.96. The molecule has 2 rings (SSSR count). The zero-order valence-corrected chi connectivity index (χ0v) is 12.6. The maximum absolute atomic E-state index is 11.8. The molecule has 0 atom stereocenters. The quantitative estimate of drug-likeness (QED) is 0.278. The Kier molecular flexibility index (Phi) is 9.88. The van der Waals surface area contributed by atoms with Crippen LogP contribution in [-0.4, -0.2) is 18.3 Å². The van der Waals surface area contributed by atoms with Gasteiger partial charge in [-0.05, 0) is 23.8 Å². The van der Waals surface area contributed by atoms with E-state index in [1.165, 1.54) is 12.0 Å². The van der Waals surface area contributed by atoms with Gasteiger partial charge in [-0.2, -0.15) is 0 Å². The van der Waals surface area contributed by atoms with Crippen molar-refractivity contribution in [2.75, 3.05) is 7.11 Å². The third-order valence-electron chi connectivity index (χ3n) is 2.44. The van der Waals surface area contributed by atoms with Gasteiger partial charge in [0.15, 0.2) is 0 Å². The Morgan fingerprint density at radius 2 is 2.00 bits per heavy atom. The standard InChI is InChI=1S/C14H14N2O2.Cu.N3/c1-18-13-7-4-5-11(14(13)17)9-15-10-12-6-2-3-8-16-12;;1-3-2/h2-9,17H,10H2,1H3;;/q;+2;-1/p-1. The molecule has 1 radical (unpaired) electrons. The van der Waals surface area contributed by atoms with Gasteiger partial charge in [-0.1, -0.05) is 23.9 Å². The largest absolute Gasteiger partial charge is 2.00 e. The third kappa shape index (κ3) is 6.28. The van der Waals surface area contributed by atoms with Gasteiger partial charge in [0.25, 0.3) is 0 Å². The molecule has 0 unspecified atom stereocenters. The molecule has 0 aliphatic carbocycles. The van der Waals surface area contributed by atoms with Gasteiger partial charge in [-0.15, -0.1) is 0 Å². The fourth-order valence-electron chi connectivity index (χ4n) is 1.52. The second-order valence-electron chi connectivity index (χ2n) is 3.76. The van der Waals surface area contributed by atoms with Crippen molar-refractivity contribution < 1.29 is 26.9 Å². The van der Waals surface area contributed by atoms with E-state index in [1.807, 2.05) is 18.2 Å². The van der Waals surface area contributed by atoms with Gasteiger partial charge in [-0.25, -0.2) is 0 Å². The van der Waals surface area contributed by atoms with Crippen LogP contribution in [0.3, 0.4) is 0 Å². The minimum Gasteiger partial charge on any atom is -0.870 e. The first-order valence-electron chi connectivity index (χ1n) is 5.95. The molecule has 8 heteroatoms. The maximum Gasteiger partial charge on any atom is 2.00 e. The van der Waals surface area contributed by atoms with Gasteiger partial charge in [-0.3, -0.25) is 14.9 Å². The number of methoxy groups -OCH3 is 1. The van der Waals surface area contributed by atoms with Gasteiger partial charge in [0.05, 0.1) is 19.3 Å². The molecule has 7 nitrogen and oxygen atoms in total. The second kappa shape index (κ2) is 11.2. The summed E-state index contributed by atoms with van der Waals surface area (Å²) in [5.41, 5.74) is 14.9. The predicted octanol–water partition coefficient (Wildman–Crippen LogP) is 2.65. The topological polar surface area (TPSA) is 116 Å². The van der Waals surface area contributed by atoms with Crippen LogP contribution in [0.5, 0.6) is 11.5 Å². The molecular weight excluding hydrogens is 334 g/mol. The van der Waals surface area contributed by atoms with Crippen LogP contribution in [0.15, 0.2) is 47.6 Å². The number of rotatable bonds is 4. The van der Waals surface area contributed by atoms with Crippen LogP contribution in [-0.2, 0) is 23.6 Å². The Hall–Kier alpha value is -2.53. The number of aliphatic imine (C=N–C) groups is 1. The first-order chi connectivity index (χ1) is 10.2. The summed E-state index contributed by atoms with van der Waals surface area (Å²) in [7, 11) is 1.48. The van der Waals surface area contributed by atoms with Crippen LogP contribution in [0, 0.1) is 0 Å². The minimum absolute atomic E-state index is 0. The van der Waals surface area contributed by atoms with Crippen molar-refractivity contribution in [2.45, 2.75) is 6.54 Å². The van der Waals surface area contributed by atoms with Crippen molar-refractivity contribution in [1.82, 2.24) is 4.98 Å². The number of aromatic nitrogens is 1. The monoisotopic (exact) mass is 346 g/mol. The molecule has 0 aliphatic heterocycles. The van der Waals surface area contributed by atoms with Crippen molar-refractivity contribution in [3.63, 3.8) is 0 Å². The summed E-state index contributed by atoms with van der Waals surface area (Å²) in [6.07, 6.45) is 3.27. The Balaban J connectivity index is 0.00000102. The van der Waals surface area contributed by atoms with Crippen molar-refractivity contribution in [3.8, 4) is 11.5 Å². The van der Waals surface area contributed by atoms with E-state index < -0.39 is 0 Å². The van der Waals surface area contributed by atoms with E-state index in [2.05, 4.69) is 9.98 Å². The van der Waals surface area contributed by atoms with E-state index in [0.717, 1.165) is 5.69 Å². The molecule has 0 N–H and O–H groups in total. The van der Waals surface area contributed by atoms with E-state index in [9.17, 15) is 5.11 Å². The molecular formula is C14H13CuN5O2. The summed E-state index contributed by atoms with van der Waals surface area (Å²) in [6.45, 7) is 0.456. The Morgan fingerprint density at radius 3 is 2.59 bits per heavy atom. The second-order valence-corrected chi connectivity index (χ2v) is 3.76. The zero-order chi connectivity index (χ0) is 15.5. The molecule has 22 heavy (non-hydrogen) atoms. The Morgan fingerprint density at radius 1 is 1.27 bits per heavy atom. The fraction of sp³-hybridized carbons (Fsp3) is 0.143. The first kappa shape index (κ1) is 19.5.